The summed E-state index contributed by atoms with van der Waals surface area (Å²) in [5, 5.41) is 18.6. The van der Waals surface area contributed by atoms with Crippen LogP contribution in [0, 0.1) is 0 Å². The van der Waals surface area contributed by atoms with Crippen LogP contribution >= 0.6 is 11.3 Å². The highest BCUT2D eigenvalue weighted by Crippen LogP contribution is 2.28. The highest BCUT2D eigenvalue weighted by Gasteiger charge is 2.38. The number of aliphatic carboxylic acids is 1. The van der Waals surface area contributed by atoms with Gasteiger partial charge < -0.3 is 5.11 Å². The first kappa shape index (κ1) is 25.8. The molecule has 1 N–H and O–H groups in total. The SMILES string of the molecule is CC(C)n1cc(CN2CCCC(c3nc4ccc(-c5cccs5)cn4n3)C2)cn1.O=C(O)C(F)(F)F. The predicted octanol–water partition coefficient (Wildman–Crippen LogP) is 5.25. The summed E-state index contributed by atoms with van der Waals surface area (Å²) in [7, 11) is 0. The molecule has 0 aliphatic carbocycles. The summed E-state index contributed by atoms with van der Waals surface area (Å²) < 4.78 is 35.7. The third-order valence-corrected chi connectivity index (χ3v) is 6.78. The van der Waals surface area contributed by atoms with Crippen LogP contribution in [0.1, 0.15) is 50.0 Å². The molecule has 0 radical (unpaired) electrons. The number of halogens is 3. The average Bonchev–Trinajstić information content (AvgIpc) is 3.59. The number of nitrogens with zero attached hydrogens (tertiary/aromatic N) is 6. The number of carbonyl (C=O) groups is 1. The molecule has 1 unspecified atom stereocenters. The molecule has 0 amide bonds. The van der Waals surface area contributed by atoms with Crippen molar-refractivity contribution in [1.29, 1.82) is 0 Å². The molecule has 8 nitrogen and oxygen atoms in total. The molecule has 1 fully saturated rings. The lowest BCUT2D eigenvalue weighted by Gasteiger charge is -2.30. The van der Waals surface area contributed by atoms with E-state index in [4.69, 9.17) is 20.0 Å². The van der Waals surface area contributed by atoms with Crippen LogP contribution in [0.5, 0.6) is 0 Å². The smallest absolute Gasteiger partial charge is 0.475 e. The lowest BCUT2D eigenvalue weighted by atomic mass is 9.97. The zero-order valence-corrected chi connectivity index (χ0v) is 20.7. The molecule has 5 heterocycles. The van der Waals surface area contributed by atoms with E-state index in [-0.39, 0.29) is 0 Å². The number of carboxylic acids is 1. The van der Waals surface area contributed by atoms with Gasteiger partial charge in [-0.25, -0.2) is 14.3 Å². The van der Waals surface area contributed by atoms with E-state index in [1.807, 2.05) is 15.4 Å². The molecule has 4 aromatic rings. The van der Waals surface area contributed by atoms with Crippen LogP contribution in [-0.2, 0) is 11.3 Å². The maximum absolute atomic E-state index is 10.6. The van der Waals surface area contributed by atoms with Gasteiger partial charge in [0.05, 0.1) is 6.20 Å². The molecular formula is C24H27F3N6O2S. The Morgan fingerprint density at radius 2 is 2.03 bits per heavy atom. The maximum atomic E-state index is 10.6. The fraction of sp³-hybridized carbons (Fsp3) is 0.417. The minimum absolute atomic E-state index is 0.383. The van der Waals surface area contributed by atoms with Crippen molar-refractivity contribution in [2.45, 2.75) is 51.4 Å². The van der Waals surface area contributed by atoms with E-state index in [0.717, 1.165) is 37.5 Å². The highest BCUT2D eigenvalue weighted by molar-refractivity contribution is 7.13. The third-order valence-electron chi connectivity index (χ3n) is 5.86. The van der Waals surface area contributed by atoms with Crippen molar-refractivity contribution in [3.05, 3.63) is 59.6 Å². The summed E-state index contributed by atoms with van der Waals surface area (Å²) >= 11 is 1.75. The molecule has 5 rings (SSSR count). The Hall–Kier alpha value is -3.25. The number of thiophene rings is 1. The number of rotatable bonds is 5. The Morgan fingerprint density at radius 1 is 1.25 bits per heavy atom. The Balaban J connectivity index is 0.000000384. The fourth-order valence-electron chi connectivity index (χ4n) is 4.07. The van der Waals surface area contributed by atoms with Gasteiger partial charge in [0, 0.05) is 53.4 Å². The number of fused-ring (bicyclic) bond motifs is 1. The van der Waals surface area contributed by atoms with Crippen LogP contribution in [0.3, 0.4) is 0 Å². The molecule has 4 aromatic heterocycles. The Morgan fingerprint density at radius 3 is 2.67 bits per heavy atom. The van der Waals surface area contributed by atoms with Gasteiger partial charge in [0.25, 0.3) is 0 Å². The lowest BCUT2D eigenvalue weighted by molar-refractivity contribution is -0.192. The van der Waals surface area contributed by atoms with E-state index in [9.17, 15) is 13.2 Å². The van der Waals surface area contributed by atoms with Gasteiger partial charge in [0.2, 0.25) is 0 Å². The number of likely N-dealkylation sites (tertiary alicyclic amines) is 1. The van der Waals surface area contributed by atoms with Crippen LogP contribution in [0.15, 0.2) is 48.2 Å². The lowest BCUT2D eigenvalue weighted by Crippen LogP contribution is -2.34. The number of hydrogen-bond acceptors (Lipinski definition) is 6. The summed E-state index contributed by atoms with van der Waals surface area (Å²) in [4.78, 5) is 17.5. The Kier molecular flexibility index (Phi) is 7.74. The van der Waals surface area contributed by atoms with Crippen molar-refractivity contribution >= 4 is 23.0 Å². The molecular weight excluding hydrogens is 493 g/mol. The molecule has 0 spiro atoms. The van der Waals surface area contributed by atoms with Crippen molar-refractivity contribution in [3.63, 3.8) is 0 Å². The number of pyridine rings is 1. The first-order valence-electron chi connectivity index (χ1n) is 11.6. The molecule has 1 aliphatic heterocycles. The molecule has 12 heteroatoms. The predicted molar refractivity (Wildman–Crippen MR) is 130 cm³/mol. The summed E-state index contributed by atoms with van der Waals surface area (Å²) in [5.74, 6) is -1.41. The Bertz CT molecular complexity index is 1300. The van der Waals surface area contributed by atoms with E-state index in [1.54, 1.807) is 11.3 Å². The second-order valence-electron chi connectivity index (χ2n) is 8.97. The van der Waals surface area contributed by atoms with Gasteiger partial charge in [0.15, 0.2) is 11.5 Å². The van der Waals surface area contributed by atoms with E-state index in [1.165, 1.54) is 22.4 Å². The zero-order valence-electron chi connectivity index (χ0n) is 19.9. The van der Waals surface area contributed by atoms with Gasteiger partial charge in [-0.3, -0.25) is 9.58 Å². The van der Waals surface area contributed by atoms with Gasteiger partial charge in [-0.05, 0) is 56.8 Å². The second-order valence-corrected chi connectivity index (χ2v) is 9.92. The number of piperidine rings is 1. The molecule has 36 heavy (non-hydrogen) atoms. The standard InChI is InChI=1S/C22H26N6S.C2HF3O2/c1-16(2)27-13-17(11-23-27)12-26-9-3-5-19(14-26)22-24-21-8-7-18(15-28(21)25-22)20-6-4-10-29-20;3-2(4,5)1(6)7/h4,6-8,10-11,13,15-16,19H,3,5,9,12,14H2,1-2H3;(H,6,7). The normalized spacial score (nSPS) is 16.8. The Labute approximate surface area is 210 Å². The van der Waals surface area contributed by atoms with Crippen LogP contribution in [0.2, 0.25) is 0 Å². The van der Waals surface area contributed by atoms with E-state index >= 15 is 0 Å². The van der Waals surface area contributed by atoms with Crippen molar-refractivity contribution in [1.82, 2.24) is 29.3 Å². The second kappa shape index (κ2) is 10.8. The minimum Gasteiger partial charge on any atom is -0.475 e. The van der Waals surface area contributed by atoms with Crippen molar-refractivity contribution in [2.75, 3.05) is 13.1 Å². The fourth-order valence-corrected chi connectivity index (χ4v) is 4.79. The van der Waals surface area contributed by atoms with Gasteiger partial charge in [-0.2, -0.15) is 23.4 Å². The van der Waals surface area contributed by atoms with E-state index in [0.29, 0.717) is 12.0 Å². The van der Waals surface area contributed by atoms with Crippen molar-refractivity contribution in [2.24, 2.45) is 0 Å². The first-order valence-corrected chi connectivity index (χ1v) is 12.4. The summed E-state index contributed by atoms with van der Waals surface area (Å²) in [6.07, 6.45) is 3.51. The van der Waals surface area contributed by atoms with Gasteiger partial charge in [-0.1, -0.05) is 6.07 Å². The molecule has 0 bridgehead atoms. The summed E-state index contributed by atoms with van der Waals surface area (Å²) in [6.45, 7) is 7.39. The number of alkyl halides is 3. The largest absolute Gasteiger partial charge is 0.490 e. The van der Waals surface area contributed by atoms with Crippen LogP contribution in [0.4, 0.5) is 13.2 Å². The minimum atomic E-state index is -5.08. The van der Waals surface area contributed by atoms with E-state index < -0.39 is 12.1 Å². The van der Waals surface area contributed by atoms with Gasteiger partial charge in [0.1, 0.15) is 0 Å². The molecule has 192 valence electrons. The average molecular weight is 521 g/mol. The molecule has 1 atom stereocenters. The van der Waals surface area contributed by atoms with Crippen LogP contribution < -0.4 is 0 Å². The van der Waals surface area contributed by atoms with E-state index in [2.05, 4.69) is 65.9 Å². The highest BCUT2D eigenvalue weighted by atomic mass is 32.1. The van der Waals surface area contributed by atoms with Gasteiger partial charge >= 0.3 is 12.1 Å². The molecule has 1 saturated heterocycles. The van der Waals surface area contributed by atoms with Gasteiger partial charge in [-0.15, -0.1) is 11.3 Å². The maximum Gasteiger partial charge on any atom is 0.490 e. The summed E-state index contributed by atoms with van der Waals surface area (Å²) in [5.41, 5.74) is 3.40. The van der Waals surface area contributed by atoms with Crippen LogP contribution in [0.25, 0.3) is 16.1 Å². The number of carboxylic acid groups (broad SMARTS) is 1. The molecule has 1 aliphatic rings. The third kappa shape index (κ3) is 6.30. The van der Waals surface area contributed by atoms with Crippen molar-refractivity contribution < 1.29 is 23.1 Å². The monoisotopic (exact) mass is 520 g/mol. The first-order chi connectivity index (χ1) is 17.1. The van der Waals surface area contributed by atoms with Crippen molar-refractivity contribution in [3.8, 4) is 10.4 Å². The zero-order chi connectivity index (χ0) is 25.9. The number of aromatic nitrogens is 5. The molecule has 0 aromatic carbocycles. The topological polar surface area (TPSA) is 88.5 Å². The quantitative estimate of drug-likeness (QED) is 0.387. The summed E-state index contributed by atoms with van der Waals surface area (Å²) in [6, 6.07) is 8.84. The van der Waals surface area contributed by atoms with Crippen LogP contribution in [-0.4, -0.2) is 59.6 Å². The molecule has 0 saturated carbocycles. The number of hydrogen-bond donors (Lipinski definition) is 1.